The number of benzene rings is 2. The summed E-state index contributed by atoms with van der Waals surface area (Å²) in [6.45, 7) is 5.40. The van der Waals surface area contributed by atoms with Crippen molar-refractivity contribution in [2.24, 2.45) is 0 Å². The Morgan fingerprint density at radius 3 is 2.31 bits per heavy atom. The van der Waals surface area contributed by atoms with E-state index in [1.54, 1.807) is 11.3 Å². The van der Waals surface area contributed by atoms with Crippen LogP contribution < -0.4 is 0 Å². The lowest BCUT2D eigenvalue weighted by molar-refractivity contribution is 0.588. The van der Waals surface area contributed by atoms with Gasteiger partial charge in [-0.25, -0.2) is 4.98 Å². The molecule has 4 aromatic rings. The summed E-state index contributed by atoms with van der Waals surface area (Å²) >= 11 is 1.76. The highest BCUT2D eigenvalue weighted by atomic mass is 32.1. The van der Waals surface area contributed by atoms with Gasteiger partial charge in [0.2, 0.25) is 0 Å². The zero-order chi connectivity index (χ0) is 20.1. The van der Waals surface area contributed by atoms with Crippen LogP contribution in [0, 0.1) is 6.92 Å². The Balaban J connectivity index is 1.89. The number of aromatic nitrogens is 2. The lowest BCUT2D eigenvalue weighted by atomic mass is 10.1. The molecule has 2 aromatic heterocycles. The summed E-state index contributed by atoms with van der Waals surface area (Å²) in [4.78, 5) is 6.42. The van der Waals surface area contributed by atoms with Crippen molar-refractivity contribution in [3.05, 3.63) is 77.7 Å². The number of hydrogen-bond donors (Lipinski definition) is 0. The molecule has 0 saturated carbocycles. The second-order valence-corrected chi connectivity index (χ2v) is 8.50. The average Bonchev–Trinajstić information content (AvgIpc) is 3.41. The van der Waals surface area contributed by atoms with Crippen LogP contribution in [0.15, 0.2) is 72.1 Å². The highest BCUT2D eigenvalue weighted by Gasteiger charge is 2.21. The summed E-state index contributed by atoms with van der Waals surface area (Å²) in [5, 5.41) is 2.14. The first-order chi connectivity index (χ1) is 14.3. The van der Waals surface area contributed by atoms with E-state index in [9.17, 15) is 0 Å². The topological polar surface area (TPSA) is 17.8 Å². The molecule has 0 N–H and O–H groups in total. The predicted octanol–water partition coefficient (Wildman–Crippen LogP) is 7.83. The number of hydrogen-bond acceptors (Lipinski definition) is 2. The van der Waals surface area contributed by atoms with Gasteiger partial charge in [-0.2, -0.15) is 0 Å². The molecule has 2 nitrogen and oxygen atoms in total. The van der Waals surface area contributed by atoms with E-state index < -0.39 is 0 Å². The fourth-order valence-corrected chi connectivity index (χ4v) is 4.48. The van der Waals surface area contributed by atoms with E-state index >= 15 is 0 Å². The first kappa shape index (κ1) is 19.7. The standard InChI is InChI=1S/C26H28N2S/c1-3-4-5-9-18-28-25(21-16-14-20(2)15-17-21)24(23-13-10-19-29-23)27-26(28)22-11-7-6-8-12-22/h6-8,10-17,19H,3-5,9,18H2,1-2H3. The molecule has 0 bridgehead atoms. The fourth-order valence-electron chi connectivity index (χ4n) is 3.76. The van der Waals surface area contributed by atoms with E-state index in [-0.39, 0.29) is 0 Å². The quantitative estimate of drug-likeness (QED) is 0.275. The van der Waals surface area contributed by atoms with Crippen molar-refractivity contribution in [2.75, 3.05) is 0 Å². The highest BCUT2D eigenvalue weighted by molar-refractivity contribution is 7.13. The Hall–Kier alpha value is -2.65. The van der Waals surface area contributed by atoms with Gasteiger partial charge in [0.1, 0.15) is 11.5 Å². The molecular weight excluding hydrogens is 372 g/mol. The van der Waals surface area contributed by atoms with Gasteiger partial charge in [-0.3, -0.25) is 0 Å². The van der Waals surface area contributed by atoms with Gasteiger partial charge in [0, 0.05) is 17.7 Å². The smallest absolute Gasteiger partial charge is 0.141 e. The minimum Gasteiger partial charge on any atom is -0.323 e. The molecule has 148 valence electrons. The SMILES string of the molecule is CCCCCCn1c(-c2ccccc2)nc(-c2cccs2)c1-c1ccc(C)cc1. The third-order valence-corrected chi connectivity index (χ3v) is 6.19. The van der Waals surface area contributed by atoms with Crippen LogP contribution in [0.5, 0.6) is 0 Å². The summed E-state index contributed by atoms with van der Waals surface area (Å²) in [5.41, 5.74) is 6.04. The molecule has 4 rings (SSSR count). The Labute approximate surface area is 177 Å². The van der Waals surface area contributed by atoms with Crippen LogP contribution in [0.4, 0.5) is 0 Å². The van der Waals surface area contributed by atoms with Crippen LogP contribution in [-0.4, -0.2) is 9.55 Å². The molecule has 0 amide bonds. The number of rotatable bonds is 8. The van der Waals surface area contributed by atoms with E-state index in [2.05, 4.69) is 90.5 Å². The second kappa shape index (κ2) is 9.23. The lowest BCUT2D eigenvalue weighted by Gasteiger charge is -2.13. The molecule has 0 aliphatic rings. The Bertz CT molecular complexity index is 1030. The maximum Gasteiger partial charge on any atom is 0.141 e. The molecule has 2 aromatic carbocycles. The van der Waals surface area contributed by atoms with Gasteiger partial charge in [0.15, 0.2) is 0 Å². The van der Waals surface area contributed by atoms with E-state index in [0.717, 1.165) is 18.1 Å². The minimum atomic E-state index is 0.992. The van der Waals surface area contributed by atoms with E-state index in [1.807, 2.05) is 0 Å². The lowest BCUT2D eigenvalue weighted by Crippen LogP contribution is -2.03. The molecule has 3 heteroatoms. The van der Waals surface area contributed by atoms with E-state index in [1.165, 1.54) is 52.9 Å². The van der Waals surface area contributed by atoms with Gasteiger partial charge in [-0.05, 0) is 24.8 Å². The van der Waals surface area contributed by atoms with Crippen LogP contribution in [0.25, 0.3) is 33.2 Å². The molecule has 0 saturated heterocycles. The molecule has 0 atom stereocenters. The normalized spacial score (nSPS) is 11.1. The van der Waals surface area contributed by atoms with Crippen molar-refractivity contribution in [1.29, 1.82) is 0 Å². The minimum absolute atomic E-state index is 0.992. The van der Waals surface area contributed by atoms with Crippen LogP contribution in [-0.2, 0) is 6.54 Å². The van der Waals surface area contributed by atoms with Gasteiger partial charge in [-0.15, -0.1) is 11.3 Å². The van der Waals surface area contributed by atoms with Crippen LogP contribution >= 0.6 is 11.3 Å². The summed E-state index contributed by atoms with van der Waals surface area (Å²) in [6.07, 6.45) is 4.96. The third-order valence-electron chi connectivity index (χ3n) is 5.31. The van der Waals surface area contributed by atoms with Gasteiger partial charge in [0.05, 0.1) is 10.6 Å². The van der Waals surface area contributed by atoms with Crippen molar-refractivity contribution in [1.82, 2.24) is 9.55 Å². The first-order valence-corrected chi connectivity index (χ1v) is 11.4. The van der Waals surface area contributed by atoms with Crippen LogP contribution in [0.3, 0.4) is 0 Å². The molecule has 0 aliphatic carbocycles. The number of unbranched alkanes of at least 4 members (excludes halogenated alkanes) is 3. The molecule has 0 aliphatic heterocycles. The van der Waals surface area contributed by atoms with Gasteiger partial charge in [-0.1, -0.05) is 92.4 Å². The Kier molecular flexibility index (Phi) is 6.26. The number of imidazole rings is 1. The van der Waals surface area contributed by atoms with Crippen molar-refractivity contribution in [3.63, 3.8) is 0 Å². The third kappa shape index (κ3) is 4.35. The molecule has 29 heavy (non-hydrogen) atoms. The molecule has 0 radical (unpaired) electrons. The molecular formula is C26H28N2S. The van der Waals surface area contributed by atoms with Gasteiger partial charge >= 0.3 is 0 Å². The average molecular weight is 401 g/mol. The monoisotopic (exact) mass is 400 g/mol. The van der Waals surface area contributed by atoms with Crippen molar-refractivity contribution < 1.29 is 0 Å². The summed E-state index contributed by atoms with van der Waals surface area (Å²) in [7, 11) is 0. The van der Waals surface area contributed by atoms with Crippen LogP contribution in [0.1, 0.15) is 38.2 Å². The van der Waals surface area contributed by atoms with Crippen LogP contribution in [0.2, 0.25) is 0 Å². The van der Waals surface area contributed by atoms with Gasteiger partial charge in [0.25, 0.3) is 0 Å². The van der Waals surface area contributed by atoms with E-state index in [0.29, 0.717) is 0 Å². The molecule has 0 spiro atoms. The van der Waals surface area contributed by atoms with Crippen molar-refractivity contribution in [3.8, 4) is 33.2 Å². The molecule has 2 heterocycles. The van der Waals surface area contributed by atoms with Gasteiger partial charge < -0.3 is 4.57 Å². The Morgan fingerprint density at radius 1 is 0.828 bits per heavy atom. The summed E-state index contributed by atoms with van der Waals surface area (Å²) in [5.74, 6) is 1.07. The number of aryl methyl sites for hydroxylation is 1. The van der Waals surface area contributed by atoms with Crippen molar-refractivity contribution >= 4 is 11.3 Å². The summed E-state index contributed by atoms with van der Waals surface area (Å²) in [6, 6.07) is 23.8. The summed E-state index contributed by atoms with van der Waals surface area (Å²) < 4.78 is 2.45. The first-order valence-electron chi connectivity index (χ1n) is 10.5. The maximum atomic E-state index is 5.19. The zero-order valence-electron chi connectivity index (χ0n) is 17.3. The Morgan fingerprint density at radius 2 is 1.62 bits per heavy atom. The van der Waals surface area contributed by atoms with E-state index in [4.69, 9.17) is 4.98 Å². The zero-order valence-corrected chi connectivity index (χ0v) is 18.1. The number of thiophene rings is 1. The van der Waals surface area contributed by atoms with Crippen molar-refractivity contribution in [2.45, 2.75) is 46.1 Å². The fraction of sp³-hybridized carbons (Fsp3) is 0.269. The number of nitrogens with zero attached hydrogens (tertiary/aromatic N) is 2. The second-order valence-electron chi connectivity index (χ2n) is 7.55. The molecule has 0 unspecified atom stereocenters. The molecule has 0 fully saturated rings. The highest BCUT2D eigenvalue weighted by Crippen LogP contribution is 2.38. The predicted molar refractivity (Wildman–Crippen MR) is 125 cm³/mol. The largest absolute Gasteiger partial charge is 0.323 e. The maximum absolute atomic E-state index is 5.19.